The van der Waals surface area contributed by atoms with E-state index in [0.717, 1.165) is 0 Å². The summed E-state index contributed by atoms with van der Waals surface area (Å²) < 4.78 is 20.9. The van der Waals surface area contributed by atoms with Crippen LogP contribution in [0, 0.1) is 0 Å². The Bertz CT molecular complexity index is 910. The first-order chi connectivity index (χ1) is 12.9. The highest BCUT2D eigenvalue weighted by Crippen LogP contribution is 2.24. The minimum atomic E-state index is -0.906. The first-order valence-electron chi connectivity index (χ1n) is 8.60. The van der Waals surface area contributed by atoms with Crippen molar-refractivity contribution < 1.29 is 28.2 Å². The van der Waals surface area contributed by atoms with Crippen LogP contribution >= 0.6 is 0 Å². The van der Waals surface area contributed by atoms with Crippen molar-refractivity contribution in [3.8, 4) is 5.75 Å². The van der Waals surface area contributed by atoms with E-state index in [2.05, 4.69) is 0 Å². The number of ether oxygens (including phenoxy) is 3. The SMILES string of the molecule is COc1cccc2cc(C(=O)OCC(=O)N3C[C@@H](C)O[C@@H](C)C3)c(=O)oc12. The number of para-hydroxylation sites is 1. The molecule has 144 valence electrons. The smallest absolute Gasteiger partial charge is 0.351 e. The van der Waals surface area contributed by atoms with Crippen LogP contribution in [0.3, 0.4) is 0 Å². The number of morpholine rings is 1. The van der Waals surface area contributed by atoms with Gasteiger partial charge in [0.25, 0.3) is 5.91 Å². The zero-order valence-electron chi connectivity index (χ0n) is 15.4. The summed E-state index contributed by atoms with van der Waals surface area (Å²) in [6.07, 6.45) is -0.174. The number of methoxy groups -OCH3 is 1. The van der Waals surface area contributed by atoms with Gasteiger partial charge >= 0.3 is 11.6 Å². The van der Waals surface area contributed by atoms with Crippen LogP contribution in [0.4, 0.5) is 0 Å². The van der Waals surface area contributed by atoms with Gasteiger partial charge in [0.15, 0.2) is 17.9 Å². The molecule has 1 aromatic carbocycles. The van der Waals surface area contributed by atoms with Crippen LogP contribution in [0.1, 0.15) is 24.2 Å². The van der Waals surface area contributed by atoms with Crippen molar-refractivity contribution in [3.63, 3.8) is 0 Å². The molecule has 0 unspecified atom stereocenters. The second-order valence-electron chi connectivity index (χ2n) is 6.46. The summed E-state index contributed by atoms with van der Waals surface area (Å²) in [5, 5.41) is 0.517. The summed E-state index contributed by atoms with van der Waals surface area (Å²) in [7, 11) is 1.45. The first kappa shape index (κ1) is 18.9. The highest BCUT2D eigenvalue weighted by atomic mass is 16.5. The lowest BCUT2D eigenvalue weighted by Crippen LogP contribution is -2.49. The fraction of sp³-hybridized carbons (Fsp3) is 0.421. The zero-order valence-corrected chi connectivity index (χ0v) is 15.4. The summed E-state index contributed by atoms with van der Waals surface area (Å²) in [4.78, 5) is 38.3. The number of carbonyl (C=O) groups excluding carboxylic acids is 2. The predicted octanol–water partition coefficient (Wildman–Crippen LogP) is 1.59. The maximum atomic E-state index is 12.3. The van der Waals surface area contributed by atoms with Crippen LogP contribution in [0.2, 0.25) is 0 Å². The Kier molecular flexibility index (Phi) is 5.46. The molecule has 2 aromatic rings. The zero-order chi connectivity index (χ0) is 19.6. The molecule has 2 atom stereocenters. The molecule has 1 aliphatic rings. The Morgan fingerprint density at radius 2 is 1.93 bits per heavy atom. The molecular weight excluding hydrogens is 354 g/mol. The second kappa shape index (κ2) is 7.79. The van der Waals surface area contributed by atoms with Crippen LogP contribution < -0.4 is 10.4 Å². The van der Waals surface area contributed by atoms with Gasteiger partial charge in [0.1, 0.15) is 5.56 Å². The Balaban J connectivity index is 1.72. The number of benzene rings is 1. The third-order valence-electron chi connectivity index (χ3n) is 4.26. The van der Waals surface area contributed by atoms with Crippen molar-refractivity contribution in [2.24, 2.45) is 0 Å². The number of amides is 1. The van der Waals surface area contributed by atoms with Crippen molar-refractivity contribution in [1.29, 1.82) is 0 Å². The molecule has 1 aromatic heterocycles. The molecule has 1 aliphatic heterocycles. The third-order valence-corrected chi connectivity index (χ3v) is 4.26. The Morgan fingerprint density at radius 3 is 2.59 bits per heavy atom. The fourth-order valence-corrected chi connectivity index (χ4v) is 3.10. The highest BCUT2D eigenvalue weighted by molar-refractivity contribution is 5.95. The average Bonchev–Trinajstić information content (AvgIpc) is 2.64. The molecule has 8 nitrogen and oxygen atoms in total. The highest BCUT2D eigenvalue weighted by Gasteiger charge is 2.27. The van der Waals surface area contributed by atoms with Gasteiger partial charge in [0.2, 0.25) is 0 Å². The molecule has 2 heterocycles. The molecule has 0 N–H and O–H groups in total. The summed E-state index contributed by atoms with van der Waals surface area (Å²) >= 11 is 0. The molecule has 0 saturated carbocycles. The van der Waals surface area contributed by atoms with Gasteiger partial charge in [0, 0.05) is 18.5 Å². The van der Waals surface area contributed by atoms with E-state index in [4.69, 9.17) is 18.6 Å². The molecule has 1 saturated heterocycles. The molecule has 0 spiro atoms. The molecule has 27 heavy (non-hydrogen) atoms. The monoisotopic (exact) mass is 375 g/mol. The summed E-state index contributed by atoms with van der Waals surface area (Å²) in [5.41, 5.74) is -0.876. The normalized spacial score (nSPS) is 19.7. The summed E-state index contributed by atoms with van der Waals surface area (Å²) in [5.74, 6) is -0.858. The number of fused-ring (bicyclic) bond motifs is 1. The molecule has 3 rings (SSSR count). The van der Waals surface area contributed by atoms with Gasteiger partial charge in [-0.2, -0.15) is 0 Å². The van der Waals surface area contributed by atoms with Crippen LogP contribution in [-0.4, -0.2) is 55.8 Å². The molecule has 0 bridgehead atoms. The second-order valence-corrected chi connectivity index (χ2v) is 6.46. The van der Waals surface area contributed by atoms with Crippen molar-refractivity contribution in [2.45, 2.75) is 26.1 Å². The van der Waals surface area contributed by atoms with Crippen molar-refractivity contribution in [2.75, 3.05) is 26.8 Å². The largest absolute Gasteiger partial charge is 0.493 e. The molecule has 1 fully saturated rings. The predicted molar refractivity (Wildman–Crippen MR) is 95.9 cm³/mol. The number of carbonyl (C=O) groups is 2. The van der Waals surface area contributed by atoms with Gasteiger partial charge in [-0.05, 0) is 26.0 Å². The average molecular weight is 375 g/mol. The number of nitrogens with zero attached hydrogens (tertiary/aromatic N) is 1. The molecule has 1 amide bonds. The first-order valence-corrected chi connectivity index (χ1v) is 8.60. The molecule has 0 radical (unpaired) electrons. The van der Waals surface area contributed by atoms with Crippen molar-refractivity contribution in [1.82, 2.24) is 4.90 Å². The Hall–Kier alpha value is -2.87. The van der Waals surface area contributed by atoms with Gasteiger partial charge in [-0.25, -0.2) is 9.59 Å². The lowest BCUT2D eigenvalue weighted by molar-refractivity contribution is -0.146. The molecular formula is C19H21NO7. The van der Waals surface area contributed by atoms with E-state index in [1.165, 1.54) is 13.2 Å². The fourth-order valence-electron chi connectivity index (χ4n) is 3.10. The van der Waals surface area contributed by atoms with E-state index in [0.29, 0.717) is 24.2 Å². The van der Waals surface area contributed by atoms with E-state index in [1.807, 2.05) is 13.8 Å². The standard InChI is InChI=1S/C19H21NO7/c1-11-8-20(9-12(2)26-11)16(21)10-25-18(22)14-7-13-5-4-6-15(24-3)17(13)27-19(14)23/h4-7,11-12H,8-10H2,1-3H3/t11-,12+. The van der Waals surface area contributed by atoms with E-state index >= 15 is 0 Å². The number of rotatable bonds is 4. The lowest BCUT2D eigenvalue weighted by atomic mass is 10.2. The maximum absolute atomic E-state index is 12.3. The van der Waals surface area contributed by atoms with Gasteiger partial charge in [-0.1, -0.05) is 12.1 Å². The minimum Gasteiger partial charge on any atom is -0.493 e. The Labute approximate surface area is 155 Å². The van der Waals surface area contributed by atoms with Crippen LogP contribution in [0.5, 0.6) is 5.75 Å². The quantitative estimate of drug-likeness (QED) is 0.591. The summed E-state index contributed by atoms with van der Waals surface area (Å²) in [6.45, 7) is 4.15. The van der Waals surface area contributed by atoms with Gasteiger partial charge in [-0.15, -0.1) is 0 Å². The number of hydrogen-bond donors (Lipinski definition) is 0. The maximum Gasteiger partial charge on any atom is 0.351 e. The minimum absolute atomic E-state index is 0.0871. The van der Waals surface area contributed by atoms with E-state index in [1.54, 1.807) is 23.1 Å². The molecule has 0 aliphatic carbocycles. The van der Waals surface area contributed by atoms with Gasteiger partial charge in [0.05, 0.1) is 19.3 Å². The molecule has 8 heteroatoms. The van der Waals surface area contributed by atoms with E-state index in [-0.39, 0.29) is 29.3 Å². The third kappa shape index (κ3) is 4.11. The Morgan fingerprint density at radius 1 is 1.22 bits per heavy atom. The number of esters is 1. The van der Waals surface area contributed by atoms with Crippen molar-refractivity contribution >= 4 is 22.8 Å². The summed E-state index contributed by atoms with van der Waals surface area (Å²) in [6, 6.07) is 6.40. The van der Waals surface area contributed by atoms with E-state index < -0.39 is 18.2 Å². The topological polar surface area (TPSA) is 95.3 Å². The van der Waals surface area contributed by atoms with Crippen LogP contribution in [0.25, 0.3) is 11.0 Å². The van der Waals surface area contributed by atoms with E-state index in [9.17, 15) is 14.4 Å². The number of hydrogen-bond acceptors (Lipinski definition) is 7. The van der Waals surface area contributed by atoms with Crippen LogP contribution in [0.15, 0.2) is 33.5 Å². The van der Waals surface area contributed by atoms with Crippen LogP contribution in [-0.2, 0) is 14.3 Å². The lowest BCUT2D eigenvalue weighted by Gasteiger charge is -2.35. The van der Waals surface area contributed by atoms with Gasteiger partial charge in [-0.3, -0.25) is 4.79 Å². The van der Waals surface area contributed by atoms with Gasteiger partial charge < -0.3 is 23.5 Å². The van der Waals surface area contributed by atoms with Crippen molar-refractivity contribution in [3.05, 3.63) is 40.2 Å².